The third-order valence-electron chi connectivity index (χ3n) is 13.4. The van der Waals surface area contributed by atoms with Gasteiger partial charge in [0.25, 0.3) is 22.2 Å². The van der Waals surface area contributed by atoms with Crippen LogP contribution in [0, 0.1) is 0 Å². The minimum Gasteiger partial charge on any atom is -1.00 e. The number of anilines is 1. The number of ether oxygens (including phenoxy) is 2. The summed E-state index contributed by atoms with van der Waals surface area (Å²) in [6.07, 6.45) is 2.01. The summed E-state index contributed by atoms with van der Waals surface area (Å²) in [5, 5.41) is 11.3. The van der Waals surface area contributed by atoms with Gasteiger partial charge in [0.2, 0.25) is 5.79 Å². The number of hydrogen-bond donors (Lipinski definition) is 8. The fourth-order valence-electron chi connectivity index (χ4n) is 8.17. The van der Waals surface area contributed by atoms with Crippen LogP contribution in [0.1, 0.15) is 162 Å². The van der Waals surface area contributed by atoms with Crippen molar-refractivity contribution in [3.63, 3.8) is 0 Å². The number of halogens is 6. The van der Waals surface area contributed by atoms with Crippen molar-refractivity contribution in [1.29, 1.82) is 0 Å². The zero-order valence-electron chi connectivity index (χ0n) is 62.5. The molecule has 5 heterocycles. The Balaban J connectivity index is -0.000000383. The van der Waals surface area contributed by atoms with E-state index in [1.807, 2.05) is 69.2 Å². The average molecular weight is 1720 g/mol. The van der Waals surface area contributed by atoms with Gasteiger partial charge in [0.15, 0.2) is 12.1 Å². The average Bonchev–Trinajstić information content (AvgIpc) is 0.797. The van der Waals surface area contributed by atoms with Gasteiger partial charge in [-0.05, 0) is 212 Å². The first-order valence-corrected chi connectivity index (χ1v) is 35.5. The topological polar surface area (TPSA) is 355 Å². The van der Waals surface area contributed by atoms with Crippen LogP contribution in [0.15, 0.2) is 151 Å². The molecule has 5 aromatic carbocycles. The molecule has 106 heavy (non-hydrogen) atoms. The monoisotopic (exact) mass is 1720 g/mol. The number of nitrogens with two attached hydrogens (primary N) is 3. The van der Waals surface area contributed by atoms with E-state index in [9.17, 15) is 46.2 Å². The largest absolute Gasteiger partial charge is 1.00 e. The van der Waals surface area contributed by atoms with Crippen molar-refractivity contribution in [2.24, 2.45) is 15.3 Å². The summed E-state index contributed by atoms with van der Waals surface area (Å²) in [6.45, 7) is 28.4. The number of carbonyl (C=O) groups is 3. The van der Waals surface area contributed by atoms with Crippen molar-refractivity contribution in [2.75, 3.05) is 5.73 Å². The van der Waals surface area contributed by atoms with Crippen LogP contribution < -0.4 is 73.1 Å². The standard InChI is InChI=1S/C15H19ClN2O2S.C15H17ClN2O2S.C11H11ClN2O.C11H8ClNO2.C7H6ClNO.C7H10O3.C4H11NOS.B.ClH.Na.4H2S.H/c2*1-9(18-21(20)15(2,3)4)12-8-10-7-11(16)5-6-13(10)17-14(12)19;1-6(13)9-5-7-4-8(12)2-3-10(7)14-11(9)15;1-6(14)9-5-7-4-8(12)2-3-10(7)13-11(9)15;8-6-1-2-7(9)5(3-6)4-10;1-5-4-6(8)10-7(2,3)9-5;1-4(2,3)7(5)6;;;;;;;;/h5-9,18H,1-4H3,(H,17,19);5-8H,1-4H3,(H,17,19);2-6H,13H2,1H3,(H,14,15);2-5H,1H3,(H,13,15);1-4H,9H2;4H,1-3H3;5H2,1-3H3;;1H;;4*1H2;/q;;;;;;;;;+1;;;;;-1/t9-,21-;21-;6-;;;;;;;;;;;;/m000............/s1. The van der Waals surface area contributed by atoms with Crippen molar-refractivity contribution >= 4 is 239 Å². The Morgan fingerprint density at radius 2 is 0.925 bits per heavy atom. The molecule has 11 N–H and O–H groups in total. The molecule has 36 heteroatoms. The van der Waals surface area contributed by atoms with Gasteiger partial charge in [-0.2, -0.15) is 58.4 Å². The third kappa shape index (κ3) is 34.7. The molecule has 9 aromatic rings. The number of hydrogen-bond acceptors (Lipinski definition) is 14. The Morgan fingerprint density at radius 1 is 0.575 bits per heavy atom. The second-order valence-electron chi connectivity index (χ2n) is 25.6. The molecule has 0 spiro atoms. The number of nitrogen functional groups attached to an aromatic ring is 1. The molecule has 4 aromatic heterocycles. The number of allylic oxidation sites excluding steroid dienone is 1. The van der Waals surface area contributed by atoms with E-state index < -0.39 is 43.5 Å². The Bertz CT molecular complexity index is 4880. The van der Waals surface area contributed by atoms with Crippen molar-refractivity contribution < 1.29 is 67.5 Å². The molecule has 577 valence electrons. The minimum absolute atomic E-state index is 0. The summed E-state index contributed by atoms with van der Waals surface area (Å²) >= 11 is 29.2. The number of nitrogens with one attached hydrogen (secondary N) is 5. The Kier molecular flexibility index (Phi) is 48.2. The molecule has 10 rings (SSSR count). The van der Waals surface area contributed by atoms with Crippen LogP contribution in [-0.4, -0.2) is 84.8 Å². The van der Waals surface area contributed by atoms with E-state index >= 15 is 0 Å². The van der Waals surface area contributed by atoms with Crippen molar-refractivity contribution in [2.45, 2.75) is 143 Å². The summed E-state index contributed by atoms with van der Waals surface area (Å²) in [5.74, 6) is -0.788. The smallest absolute Gasteiger partial charge is 1.00 e. The molecule has 0 saturated heterocycles. The normalized spacial score (nSPS) is 13.3. The molecule has 0 bridgehead atoms. The predicted molar refractivity (Wildman–Crippen MR) is 464 cm³/mol. The number of H-pyrrole nitrogens is 4. The number of fused-ring (bicyclic) bond motifs is 4. The molecule has 0 saturated carbocycles. The summed E-state index contributed by atoms with van der Waals surface area (Å²) < 4.78 is 50.6. The van der Waals surface area contributed by atoms with Gasteiger partial charge in [-0.1, -0.05) is 58.0 Å². The van der Waals surface area contributed by atoms with Gasteiger partial charge in [0.05, 0.1) is 59.1 Å². The first kappa shape index (κ1) is 108. The number of rotatable bonds is 8. The Labute approximate surface area is 709 Å². The molecule has 1 aliphatic heterocycles. The molecule has 21 nitrogen and oxygen atoms in total. The molecular weight excluding hydrogens is 1630 g/mol. The van der Waals surface area contributed by atoms with Gasteiger partial charge in [-0.15, -0.1) is 12.4 Å². The van der Waals surface area contributed by atoms with Gasteiger partial charge in [-0.25, -0.2) is 22.1 Å². The number of benzene rings is 5. The van der Waals surface area contributed by atoms with Gasteiger partial charge >= 0.3 is 35.5 Å². The molecule has 0 fully saturated rings. The maximum absolute atomic E-state index is 12.2. The summed E-state index contributed by atoms with van der Waals surface area (Å²) in [5.41, 5.74) is 16.1. The van der Waals surface area contributed by atoms with E-state index in [0.717, 1.165) is 32.6 Å². The summed E-state index contributed by atoms with van der Waals surface area (Å²) in [4.78, 5) is 90.4. The Hall–Kier alpha value is -4.71. The van der Waals surface area contributed by atoms with E-state index in [1.54, 1.807) is 144 Å². The van der Waals surface area contributed by atoms with Crippen LogP contribution in [0.3, 0.4) is 0 Å². The van der Waals surface area contributed by atoms with E-state index in [-0.39, 0.29) is 167 Å². The number of esters is 1. The number of cyclic esters (lactones) is 1. The molecular formula is C70H92BCl6N9NaO12S7. The summed E-state index contributed by atoms with van der Waals surface area (Å²) in [6, 6.07) is 32.0. The fourth-order valence-corrected chi connectivity index (χ4v) is 10.5. The van der Waals surface area contributed by atoms with Crippen LogP contribution in [0.4, 0.5) is 5.69 Å². The number of aromatic amines is 4. The van der Waals surface area contributed by atoms with Gasteiger partial charge in [-0.3, -0.25) is 33.9 Å². The van der Waals surface area contributed by atoms with Crippen LogP contribution in [0.2, 0.25) is 25.1 Å². The molecule has 1 aliphatic rings. The number of aromatic nitrogens is 4. The zero-order valence-corrected chi connectivity index (χ0v) is 74.5. The SMILES string of the molecule is CC(=N[S@@](=O)C(C)(C)C)c1cc2cc(Cl)ccc2[nH]c1=O.CC(=O)c1cc2cc(Cl)ccc2[nH]c1=O.CC(C)(C)S(N)=O.CC1=CC(=O)OC(C)(C)O1.C[C@H](N)c1cc2cc(Cl)ccc2[nH]c1=O.C[C@H](N[S@@](=O)C(C)(C)C)c1cc2cc(Cl)ccc2[nH]c1=O.Cl.Nc1ccc(Cl)cc1C=O.S.S.S.S.[B].[H-].[Na+]. The number of ketones is 1. The number of nitrogens with zero attached hydrogens (tertiary/aromatic N) is 1. The van der Waals surface area contributed by atoms with E-state index in [1.165, 1.54) is 19.1 Å². The quantitative estimate of drug-likeness (QED) is 0.0175. The third-order valence-corrected chi connectivity index (χ3v) is 19.0. The summed E-state index contributed by atoms with van der Waals surface area (Å²) in [7, 11) is -3.83. The maximum atomic E-state index is 12.2. The van der Waals surface area contributed by atoms with E-state index in [0.29, 0.717) is 81.8 Å². The second-order valence-corrected chi connectivity index (χ2v) is 33.5. The number of carbonyl (C=O) groups excluding carboxylic acids is 3. The van der Waals surface area contributed by atoms with Gasteiger partial charge < -0.3 is 42.3 Å². The second kappa shape index (κ2) is 47.5. The van der Waals surface area contributed by atoms with Crippen molar-refractivity contribution in [1.82, 2.24) is 24.7 Å². The molecule has 3 radical (unpaired) electrons. The maximum Gasteiger partial charge on any atom is 1.00 e. The zero-order chi connectivity index (χ0) is 75.0. The molecule has 0 aliphatic carbocycles. The minimum atomic E-state index is -1.41. The first-order valence-electron chi connectivity index (χ1n) is 30.2. The molecule has 0 amide bonds. The van der Waals surface area contributed by atoms with Crippen LogP contribution in [0.5, 0.6) is 0 Å². The number of Topliss-reactive ketones (excluding diaryl/α,β-unsaturated/α-hetero) is 1. The van der Waals surface area contributed by atoms with E-state index in [4.69, 9.17) is 84.1 Å². The van der Waals surface area contributed by atoms with Crippen molar-refractivity contribution in [3.05, 3.63) is 221 Å². The number of aldehydes is 1. The van der Waals surface area contributed by atoms with Gasteiger partial charge in [0.1, 0.15) is 16.7 Å². The van der Waals surface area contributed by atoms with E-state index in [2.05, 4.69) is 29.1 Å². The molecule has 1 unspecified atom stereocenters. The first-order chi connectivity index (χ1) is 45.7. The fraction of sp³-hybridized carbons (Fsp3) is 0.314. The van der Waals surface area contributed by atoms with Gasteiger partial charge in [0, 0.05) is 125 Å². The molecule has 5 atom stereocenters. The Morgan fingerprint density at radius 3 is 1.26 bits per heavy atom. The number of pyridine rings is 4. The van der Waals surface area contributed by atoms with Crippen LogP contribution in [0.25, 0.3) is 43.6 Å². The van der Waals surface area contributed by atoms with Crippen molar-refractivity contribution in [3.8, 4) is 0 Å². The van der Waals surface area contributed by atoms with Crippen LogP contribution in [-0.2, 0) is 47.2 Å². The predicted octanol–water partition coefficient (Wildman–Crippen LogP) is 12.3. The van der Waals surface area contributed by atoms with Crippen LogP contribution >= 0.6 is 124 Å².